The van der Waals surface area contributed by atoms with Gasteiger partial charge in [-0.15, -0.1) is 0 Å². The lowest BCUT2D eigenvalue weighted by atomic mass is 10.2. The first-order chi connectivity index (χ1) is 11.3. The van der Waals surface area contributed by atoms with E-state index in [1.54, 1.807) is 0 Å². The Bertz CT molecular complexity index is 749. The van der Waals surface area contributed by atoms with Crippen LogP contribution in [0.3, 0.4) is 0 Å². The van der Waals surface area contributed by atoms with Crippen molar-refractivity contribution < 1.29 is 9.15 Å². The molecular formula is C19H20N2O2. The van der Waals surface area contributed by atoms with Gasteiger partial charge in [0.1, 0.15) is 18.1 Å². The summed E-state index contributed by atoms with van der Waals surface area (Å²) in [6, 6.07) is 17.9. The van der Waals surface area contributed by atoms with Crippen LogP contribution < -0.4 is 10.5 Å². The molecule has 0 aliphatic carbocycles. The van der Waals surface area contributed by atoms with Gasteiger partial charge in [-0.25, -0.2) is 4.98 Å². The highest BCUT2D eigenvalue weighted by atomic mass is 16.5. The number of benzene rings is 2. The van der Waals surface area contributed by atoms with Crippen molar-refractivity contribution in [1.82, 2.24) is 4.98 Å². The van der Waals surface area contributed by atoms with Crippen LogP contribution in [0.15, 0.2) is 59.0 Å². The van der Waals surface area contributed by atoms with Crippen LogP contribution in [0.25, 0.3) is 11.5 Å². The molecule has 0 saturated heterocycles. The zero-order valence-corrected chi connectivity index (χ0v) is 13.2. The molecule has 4 heteroatoms. The fourth-order valence-corrected chi connectivity index (χ4v) is 2.35. The van der Waals surface area contributed by atoms with Crippen LogP contribution in [0.1, 0.15) is 17.0 Å². The van der Waals surface area contributed by atoms with Gasteiger partial charge in [-0.1, -0.05) is 30.3 Å². The molecule has 3 rings (SSSR count). The molecule has 3 aromatic rings. The fourth-order valence-electron chi connectivity index (χ4n) is 2.35. The first kappa shape index (κ1) is 15.3. The maximum absolute atomic E-state index is 5.78. The molecule has 0 radical (unpaired) electrons. The summed E-state index contributed by atoms with van der Waals surface area (Å²) in [7, 11) is 0. The normalized spacial score (nSPS) is 10.7. The van der Waals surface area contributed by atoms with Crippen molar-refractivity contribution in [2.45, 2.75) is 20.0 Å². The third-order valence-corrected chi connectivity index (χ3v) is 3.62. The predicted molar refractivity (Wildman–Crippen MR) is 90.2 cm³/mol. The number of hydrogen-bond acceptors (Lipinski definition) is 4. The summed E-state index contributed by atoms with van der Waals surface area (Å²) in [4.78, 5) is 4.51. The van der Waals surface area contributed by atoms with Gasteiger partial charge in [-0.2, -0.15) is 0 Å². The Balaban J connectivity index is 1.68. The number of ether oxygens (including phenoxy) is 1. The zero-order chi connectivity index (χ0) is 16.1. The van der Waals surface area contributed by atoms with Crippen LogP contribution in [0.2, 0.25) is 0 Å². The standard InChI is InChI=1S/C19H20N2O2/c1-14-18(11-12-20)21-19(23-14)16-7-9-17(10-8-16)22-13-15-5-3-2-4-6-15/h2-10H,11-13,20H2,1H3. The molecule has 0 fully saturated rings. The van der Waals surface area contributed by atoms with E-state index in [0.29, 0.717) is 19.0 Å². The molecule has 0 amide bonds. The molecule has 2 aromatic carbocycles. The number of aromatic nitrogens is 1. The van der Waals surface area contributed by atoms with Crippen molar-refractivity contribution >= 4 is 0 Å². The maximum Gasteiger partial charge on any atom is 0.226 e. The Hall–Kier alpha value is -2.59. The molecule has 0 saturated carbocycles. The maximum atomic E-state index is 5.78. The van der Waals surface area contributed by atoms with Gasteiger partial charge in [0.25, 0.3) is 0 Å². The van der Waals surface area contributed by atoms with E-state index < -0.39 is 0 Å². The van der Waals surface area contributed by atoms with Crippen molar-refractivity contribution in [3.05, 3.63) is 71.6 Å². The second-order valence-corrected chi connectivity index (χ2v) is 5.36. The highest BCUT2D eigenvalue weighted by molar-refractivity contribution is 5.55. The van der Waals surface area contributed by atoms with Gasteiger partial charge in [0.2, 0.25) is 5.89 Å². The van der Waals surface area contributed by atoms with E-state index in [2.05, 4.69) is 4.98 Å². The molecular weight excluding hydrogens is 288 g/mol. The van der Waals surface area contributed by atoms with E-state index in [9.17, 15) is 0 Å². The van der Waals surface area contributed by atoms with Crippen LogP contribution in [0, 0.1) is 6.92 Å². The Morgan fingerprint density at radius 2 is 1.78 bits per heavy atom. The molecule has 4 nitrogen and oxygen atoms in total. The first-order valence-electron chi connectivity index (χ1n) is 7.70. The van der Waals surface area contributed by atoms with Crippen LogP contribution in [-0.4, -0.2) is 11.5 Å². The average Bonchev–Trinajstić information content (AvgIpc) is 2.96. The van der Waals surface area contributed by atoms with Crippen molar-refractivity contribution in [3.8, 4) is 17.2 Å². The summed E-state index contributed by atoms with van der Waals surface area (Å²) < 4.78 is 11.5. The van der Waals surface area contributed by atoms with Crippen molar-refractivity contribution in [3.63, 3.8) is 0 Å². The number of oxazole rings is 1. The van der Waals surface area contributed by atoms with E-state index in [4.69, 9.17) is 14.9 Å². The zero-order valence-electron chi connectivity index (χ0n) is 13.2. The molecule has 23 heavy (non-hydrogen) atoms. The summed E-state index contributed by atoms with van der Waals surface area (Å²) in [6.45, 7) is 3.04. The summed E-state index contributed by atoms with van der Waals surface area (Å²) in [6.07, 6.45) is 0.730. The van der Waals surface area contributed by atoms with E-state index in [-0.39, 0.29) is 0 Å². The lowest BCUT2D eigenvalue weighted by molar-refractivity contribution is 0.306. The van der Waals surface area contributed by atoms with Gasteiger partial charge in [-0.05, 0) is 43.3 Å². The molecule has 2 N–H and O–H groups in total. The SMILES string of the molecule is Cc1oc(-c2ccc(OCc3ccccc3)cc2)nc1CCN. The van der Waals surface area contributed by atoms with Crippen molar-refractivity contribution in [1.29, 1.82) is 0 Å². The highest BCUT2D eigenvalue weighted by Crippen LogP contribution is 2.24. The summed E-state index contributed by atoms with van der Waals surface area (Å²) in [5.74, 6) is 2.28. The molecule has 0 bridgehead atoms. The molecule has 1 heterocycles. The molecule has 1 aromatic heterocycles. The quantitative estimate of drug-likeness (QED) is 0.753. The lowest BCUT2D eigenvalue weighted by Crippen LogP contribution is -2.03. The van der Waals surface area contributed by atoms with Crippen molar-refractivity contribution in [2.75, 3.05) is 6.54 Å². The van der Waals surface area contributed by atoms with Gasteiger partial charge in [0.05, 0.1) is 5.69 Å². The van der Waals surface area contributed by atoms with E-state index in [1.165, 1.54) is 0 Å². The third kappa shape index (κ3) is 3.79. The monoisotopic (exact) mass is 308 g/mol. The Labute approximate surface area is 135 Å². The Morgan fingerprint density at radius 3 is 2.48 bits per heavy atom. The van der Waals surface area contributed by atoms with Crippen LogP contribution in [0.5, 0.6) is 5.75 Å². The molecule has 0 unspecified atom stereocenters. The van der Waals surface area contributed by atoms with Crippen LogP contribution in [-0.2, 0) is 13.0 Å². The van der Waals surface area contributed by atoms with Gasteiger partial charge in [0, 0.05) is 12.0 Å². The van der Waals surface area contributed by atoms with Crippen LogP contribution in [0.4, 0.5) is 0 Å². The minimum Gasteiger partial charge on any atom is -0.489 e. The molecule has 0 spiro atoms. The largest absolute Gasteiger partial charge is 0.489 e. The van der Waals surface area contributed by atoms with Gasteiger partial charge >= 0.3 is 0 Å². The minimum absolute atomic E-state index is 0.555. The number of nitrogens with zero attached hydrogens (tertiary/aromatic N) is 1. The second-order valence-electron chi connectivity index (χ2n) is 5.36. The Kier molecular flexibility index (Phi) is 4.74. The molecule has 0 aliphatic heterocycles. The van der Waals surface area contributed by atoms with Gasteiger partial charge in [0.15, 0.2) is 0 Å². The van der Waals surface area contributed by atoms with E-state index >= 15 is 0 Å². The number of aryl methyl sites for hydroxylation is 1. The van der Waals surface area contributed by atoms with Gasteiger partial charge in [-0.3, -0.25) is 0 Å². The minimum atomic E-state index is 0.555. The summed E-state index contributed by atoms with van der Waals surface area (Å²) in [5.41, 5.74) is 8.58. The average molecular weight is 308 g/mol. The molecule has 118 valence electrons. The number of hydrogen-bond donors (Lipinski definition) is 1. The smallest absolute Gasteiger partial charge is 0.226 e. The topological polar surface area (TPSA) is 61.3 Å². The number of rotatable bonds is 6. The van der Waals surface area contributed by atoms with Crippen molar-refractivity contribution in [2.24, 2.45) is 5.73 Å². The lowest BCUT2D eigenvalue weighted by Gasteiger charge is -2.06. The fraction of sp³-hybridized carbons (Fsp3) is 0.211. The van der Waals surface area contributed by atoms with E-state index in [0.717, 1.165) is 34.8 Å². The van der Waals surface area contributed by atoms with E-state index in [1.807, 2.05) is 61.5 Å². The molecule has 0 aliphatic rings. The third-order valence-electron chi connectivity index (χ3n) is 3.62. The van der Waals surface area contributed by atoms with Crippen LogP contribution >= 0.6 is 0 Å². The second kappa shape index (κ2) is 7.11. The summed E-state index contributed by atoms with van der Waals surface area (Å²) in [5, 5.41) is 0. The molecule has 0 atom stereocenters. The highest BCUT2D eigenvalue weighted by Gasteiger charge is 2.10. The Morgan fingerprint density at radius 1 is 1.04 bits per heavy atom. The first-order valence-corrected chi connectivity index (χ1v) is 7.70. The number of nitrogens with two attached hydrogens (primary N) is 1. The van der Waals surface area contributed by atoms with Gasteiger partial charge < -0.3 is 14.9 Å². The predicted octanol–water partition coefficient (Wildman–Crippen LogP) is 3.73. The summed E-state index contributed by atoms with van der Waals surface area (Å²) >= 11 is 0.